The zero-order valence-electron chi connectivity index (χ0n) is 30.3. The fourth-order valence-electron chi connectivity index (χ4n) is 7.58. The van der Waals surface area contributed by atoms with Crippen LogP contribution in [0.4, 0.5) is 9.18 Å². The van der Waals surface area contributed by atoms with E-state index in [0.717, 1.165) is 5.39 Å². The van der Waals surface area contributed by atoms with Crippen molar-refractivity contribution in [3.63, 3.8) is 0 Å². The van der Waals surface area contributed by atoms with Crippen LogP contribution in [-0.2, 0) is 24.4 Å². The summed E-state index contributed by atoms with van der Waals surface area (Å²) in [5, 5.41) is 16.4. The summed E-state index contributed by atoms with van der Waals surface area (Å²) >= 11 is 0. The molecule has 2 aliphatic heterocycles. The van der Waals surface area contributed by atoms with Gasteiger partial charge in [-0.15, -0.1) is 0 Å². The van der Waals surface area contributed by atoms with Crippen molar-refractivity contribution >= 4 is 44.6 Å². The number of halogens is 1. The number of rotatable bonds is 9. The van der Waals surface area contributed by atoms with Crippen molar-refractivity contribution in [1.29, 1.82) is 0 Å². The molecular formula is C37H48FN5O9S. The summed E-state index contributed by atoms with van der Waals surface area (Å²) < 4.78 is 52.7. The minimum Gasteiger partial charge on any atom is -0.475 e. The van der Waals surface area contributed by atoms with E-state index in [2.05, 4.69) is 20.3 Å². The molecule has 0 radical (unpaired) electrons. The van der Waals surface area contributed by atoms with E-state index in [-0.39, 0.29) is 50.1 Å². The van der Waals surface area contributed by atoms with Gasteiger partial charge in [-0.2, -0.15) is 4.98 Å². The van der Waals surface area contributed by atoms with Gasteiger partial charge in [0.2, 0.25) is 33.6 Å². The molecule has 53 heavy (non-hydrogen) atoms. The van der Waals surface area contributed by atoms with Crippen LogP contribution in [0.1, 0.15) is 72.6 Å². The monoisotopic (exact) mass is 757 g/mol. The van der Waals surface area contributed by atoms with E-state index in [0.29, 0.717) is 30.5 Å². The van der Waals surface area contributed by atoms with E-state index in [1.807, 2.05) is 51.1 Å². The summed E-state index contributed by atoms with van der Waals surface area (Å²) in [6.07, 6.45) is 3.30. The maximum Gasteiger partial charge on any atom is 0.405 e. The first-order chi connectivity index (χ1) is 25.1. The zero-order valence-corrected chi connectivity index (χ0v) is 31.2. The molecule has 4 aliphatic rings. The highest BCUT2D eigenvalue weighted by molar-refractivity contribution is 7.91. The molecule has 0 spiro atoms. The van der Waals surface area contributed by atoms with Crippen molar-refractivity contribution in [3.05, 3.63) is 42.5 Å². The number of pyridine rings is 1. The molecular weight excluding hydrogens is 709 g/mol. The van der Waals surface area contributed by atoms with E-state index in [1.54, 1.807) is 19.1 Å². The Morgan fingerprint density at radius 1 is 1.17 bits per heavy atom. The summed E-state index contributed by atoms with van der Waals surface area (Å²) in [7, 11) is -4.39. The van der Waals surface area contributed by atoms with Crippen LogP contribution >= 0.6 is 0 Å². The van der Waals surface area contributed by atoms with Gasteiger partial charge in [-0.05, 0) is 75.7 Å². The summed E-state index contributed by atoms with van der Waals surface area (Å²) in [4.78, 5) is 60.4. The van der Waals surface area contributed by atoms with Crippen LogP contribution in [0.15, 0.2) is 42.5 Å². The Morgan fingerprint density at radius 3 is 2.58 bits per heavy atom. The number of carbonyl (C=O) groups excluding carboxylic acids is 3. The molecule has 1 aromatic carbocycles. The molecule has 3 fully saturated rings. The first kappa shape index (κ1) is 38.3. The number of sulfonamides is 1. The number of carbonyl (C=O) groups is 4. The summed E-state index contributed by atoms with van der Waals surface area (Å²) in [6.45, 7) is 6.26. The predicted molar refractivity (Wildman–Crippen MR) is 192 cm³/mol. The molecule has 1 saturated heterocycles. The van der Waals surface area contributed by atoms with Crippen LogP contribution in [0.25, 0.3) is 10.8 Å². The predicted octanol–water partition coefficient (Wildman–Crippen LogP) is 3.84. The third-order valence-corrected chi connectivity index (χ3v) is 13.0. The molecule has 4 N–H and O–H groups in total. The number of nitrogens with zero attached hydrogens (tertiary/aromatic N) is 2. The molecule has 288 valence electrons. The second kappa shape index (κ2) is 14.7. The number of aromatic nitrogens is 1. The highest BCUT2D eigenvalue weighted by Crippen LogP contribution is 2.48. The average Bonchev–Trinajstić information content (AvgIpc) is 3.99. The molecule has 4 amide bonds. The Kier molecular flexibility index (Phi) is 10.6. The maximum absolute atomic E-state index is 14.4. The number of fused-ring (bicyclic) bond motifs is 3. The van der Waals surface area contributed by atoms with Gasteiger partial charge in [-0.25, -0.2) is 17.6 Å². The van der Waals surface area contributed by atoms with Crippen LogP contribution in [0.2, 0.25) is 0 Å². The van der Waals surface area contributed by atoms with E-state index in [9.17, 15) is 37.1 Å². The van der Waals surface area contributed by atoms with Crippen molar-refractivity contribution in [2.75, 3.05) is 13.2 Å². The van der Waals surface area contributed by atoms with E-state index < -0.39 is 80.8 Å². The van der Waals surface area contributed by atoms with Gasteiger partial charge in [-0.1, -0.05) is 44.2 Å². The highest BCUT2D eigenvalue weighted by atomic mass is 32.2. The van der Waals surface area contributed by atoms with Crippen LogP contribution in [0, 0.1) is 17.8 Å². The van der Waals surface area contributed by atoms with Crippen molar-refractivity contribution < 1.29 is 46.6 Å². The van der Waals surface area contributed by atoms with E-state index in [4.69, 9.17) is 9.47 Å². The second-order valence-corrected chi connectivity index (χ2v) is 17.5. The molecule has 6 rings (SSSR count). The number of alkyl halides is 1. The Morgan fingerprint density at radius 2 is 1.91 bits per heavy atom. The van der Waals surface area contributed by atoms with E-state index >= 15 is 0 Å². The molecule has 16 heteroatoms. The lowest BCUT2D eigenvalue weighted by Crippen LogP contribution is -2.59. The van der Waals surface area contributed by atoms with Crippen molar-refractivity contribution in [1.82, 2.24) is 25.2 Å². The minimum atomic E-state index is -4.39. The first-order valence-electron chi connectivity index (χ1n) is 18.2. The molecule has 1 aromatic heterocycles. The van der Waals surface area contributed by atoms with Crippen LogP contribution in [0.5, 0.6) is 11.8 Å². The van der Waals surface area contributed by atoms with Gasteiger partial charge < -0.3 is 30.1 Å². The average molecular weight is 758 g/mol. The van der Waals surface area contributed by atoms with Crippen LogP contribution in [0.3, 0.4) is 0 Å². The first-order valence-corrected chi connectivity index (χ1v) is 19.7. The van der Waals surface area contributed by atoms with Gasteiger partial charge in [0.1, 0.15) is 35.1 Å². The van der Waals surface area contributed by atoms with Gasteiger partial charge in [-0.3, -0.25) is 19.1 Å². The lowest BCUT2D eigenvalue weighted by Gasteiger charge is -2.32. The minimum absolute atomic E-state index is 0.0467. The lowest BCUT2D eigenvalue weighted by molar-refractivity contribution is -0.142. The van der Waals surface area contributed by atoms with Gasteiger partial charge in [0.15, 0.2) is 0 Å². The van der Waals surface area contributed by atoms with E-state index in [1.165, 1.54) is 4.90 Å². The number of nitrogens with one attached hydrogen (secondary N) is 3. The highest BCUT2D eigenvalue weighted by Gasteiger charge is 2.64. The smallest absolute Gasteiger partial charge is 0.405 e. The summed E-state index contributed by atoms with van der Waals surface area (Å²) in [6, 6.07) is 6.74. The topological polar surface area (TPSA) is 193 Å². The van der Waals surface area contributed by atoms with Gasteiger partial charge in [0, 0.05) is 23.8 Å². The lowest BCUT2D eigenvalue weighted by atomic mass is 9.88. The second-order valence-electron chi connectivity index (χ2n) is 15.4. The molecule has 7 atom stereocenters. The number of carboxylic acid groups (broad SMARTS) is 1. The Labute approximate surface area is 308 Å². The third-order valence-electron chi connectivity index (χ3n) is 10.9. The molecule has 0 bridgehead atoms. The Bertz CT molecular complexity index is 1900. The molecule has 2 aliphatic carbocycles. The molecule has 3 heterocycles. The van der Waals surface area contributed by atoms with Crippen molar-refractivity contribution in [3.8, 4) is 11.8 Å². The summed E-state index contributed by atoms with van der Waals surface area (Å²) in [5.41, 5.74) is -1.67. The van der Waals surface area contributed by atoms with Gasteiger partial charge in [0.25, 0.3) is 5.91 Å². The zero-order chi connectivity index (χ0) is 38.3. The molecule has 0 unspecified atom stereocenters. The fraction of sp³-hybridized carbons (Fsp3) is 0.595. The van der Waals surface area contributed by atoms with Crippen LogP contribution in [-0.4, -0.2) is 95.0 Å². The molecule has 2 saturated carbocycles. The Hall–Kier alpha value is -4.47. The van der Waals surface area contributed by atoms with Crippen molar-refractivity contribution in [2.24, 2.45) is 17.8 Å². The maximum atomic E-state index is 14.4. The fourth-order valence-corrected chi connectivity index (χ4v) is 9.00. The van der Waals surface area contributed by atoms with Crippen LogP contribution < -0.4 is 24.8 Å². The quantitative estimate of drug-likeness (QED) is 0.273. The molecule has 14 nitrogen and oxygen atoms in total. The Balaban J connectivity index is 1.35. The SMILES string of the molecule is CC(C)Oc1cc2ccccc2c(O[C@@H]2C[C@H]3C(=O)N[C@]4(C(=O)NS(=O)(=O)C5(CF)CC5)C[C@H]4C=CCC[C@@H](C)C[C@@H](C)[C@H](NC(=O)O)C(=O)N3C2)n1. The number of ether oxygens (including phenoxy) is 2. The van der Waals surface area contributed by atoms with Gasteiger partial charge in [0.05, 0.1) is 12.6 Å². The third kappa shape index (κ3) is 7.92. The van der Waals surface area contributed by atoms with Gasteiger partial charge >= 0.3 is 6.09 Å². The largest absolute Gasteiger partial charge is 0.475 e. The number of benzene rings is 1. The standard InChI is InChI=1S/C37H48FN5O9S/c1-21(2)51-29-16-24-10-6-8-12-27(24)32(39-29)52-26-17-28-31(44)41-37(34(46)42-53(49,50)36(20-38)13-14-36)18-25(37)11-7-5-9-22(3)15-23(4)30(40-35(47)48)33(45)43(28)19-26/h6-8,10-12,16,21-23,25-26,28,30,40H,5,9,13-15,17-20H2,1-4H3,(H,41,44)(H,42,46)(H,47,48)/t22-,23-,25-,26-,28+,30+,37-/m1/s1. The summed E-state index contributed by atoms with van der Waals surface area (Å²) in [5.74, 6) is -2.71. The van der Waals surface area contributed by atoms with Crippen molar-refractivity contribution in [2.45, 2.75) is 107 Å². The normalized spacial score (nSPS) is 30.0. The number of hydrogen-bond acceptors (Lipinski definition) is 9. The number of hydrogen-bond donors (Lipinski definition) is 4. The number of allylic oxidation sites excluding steroid dienone is 1. The number of amides is 4. The molecule has 2 aromatic rings.